The fourth-order valence-electron chi connectivity index (χ4n) is 5.03. The molecule has 1 N–H and O–H groups in total. The number of nitrogens with zero attached hydrogens (tertiary/aromatic N) is 4. The van der Waals surface area contributed by atoms with Crippen LogP contribution in [0.3, 0.4) is 0 Å². The Morgan fingerprint density at radius 3 is 2.50 bits per heavy atom. The first-order valence-electron chi connectivity index (χ1n) is 12.0. The predicted molar refractivity (Wildman–Crippen MR) is 126 cm³/mol. The summed E-state index contributed by atoms with van der Waals surface area (Å²) in [5.41, 5.74) is 1.87. The average molecular weight is 466 g/mol. The lowest BCUT2D eigenvalue weighted by Gasteiger charge is -2.44. The van der Waals surface area contributed by atoms with Crippen LogP contribution in [0.15, 0.2) is 52.8 Å². The number of hydrogen-bond donors (Lipinski definition) is 1. The summed E-state index contributed by atoms with van der Waals surface area (Å²) in [5.74, 6) is 0.238. The largest absolute Gasteiger partial charge is 0.380 e. The van der Waals surface area contributed by atoms with E-state index in [1.54, 1.807) is 28.1 Å². The number of hydrogen-bond acceptors (Lipinski definition) is 4. The van der Waals surface area contributed by atoms with Gasteiger partial charge in [0.25, 0.3) is 11.6 Å². The van der Waals surface area contributed by atoms with Crippen molar-refractivity contribution in [3.05, 3.63) is 59.2 Å². The number of aliphatic hydroxyl groups is 1. The van der Waals surface area contributed by atoms with Crippen LogP contribution in [0.4, 0.5) is 4.39 Å². The minimum absolute atomic E-state index is 0.176. The molecule has 0 radical (unpaired) electrons. The molecule has 1 atom stereocenters. The minimum atomic E-state index is -1.22. The van der Waals surface area contributed by atoms with Crippen molar-refractivity contribution in [3.63, 3.8) is 0 Å². The molecule has 0 bridgehead atoms. The molecule has 3 heterocycles. The second-order valence-corrected chi connectivity index (χ2v) is 9.95. The van der Waals surface area contributed by atoms with Gasteiger partial charge in [-0.3, -0.25) is 9.59 Å². The summed E-state index contributed by atoms with van der Waals surface area (Å²) in [4.78, 5) is 34.3. The normalized spacial score (nSPS) is 23.5. The van der Waals surface area contributed by atoms with E-state index in [0.29, 0.717) is 38.2 Å². The van der Waals surface area contributed by atoms with E-state index in [9.17, 15) is 19.1 Å². The van der Waals surface area contributed by atoms with E-state index in [1.807, 2.05) is 17.6 Å². The highest BCUT2D eigenvalue weighted by molar-refractivity contribution is 6.18. The van der Waals surface area contributed by atoms with Crippen LogP contribution >= 0.6 is 0 Å². The SMILES string of the molecule is CC(C)C1=CC(c2ccc(F)cc2)=[N+]2C=C(C(=O)N3CCN(C(=O)C4(O)CCC4)CC3C)N=C12. The molecule has 5 rings (SSSR count). The Bertz CT molecular complexity index is 1170. The quantitative estimate of drug-likeness (QED) is 0.694. The van der Waals surface area contributed by atoms with Gasteiger partial charge in [0.1, 0.15) is 17.1 Å². The summed E-state index contributed by atoms with van der Waals surface area (Å²) in [6.45, 7) is 7.26. The van der Waals surface area contributed by atoms with Gasteiger partial charge in [-0.2, -0.15) is 4.58 Å². The first-order valence-corrected chi connectivity index (χ1v) is 12.0. The van der Waals surface area contributed by atoms with Crippen molar-refractivity contribution in [1.82, 2.24) is 9.80 Å². The molecule has 3 aliphatic heterocycles. The highest BCUT2D eigenvalue weighted by Gasteiger charge is 2.47. The van der Waals surface area contributed by atoms with E-state index in [1.165, 1.54) is 12.1 Å². The van der Waals surface area contributed by atoms with E-state index in [4.69, 9.17) is 4.99 Å². The highest BCUT2D eigenvalue weighted by Crippen LogP contribution is 2.34. The van der Waals surface area contributed by atoms with E-state index < -0.39 is 5.60 Å². The van der Waals surface area contributed by atoms with Crippen LogP contribution in [0.2, 0.25) is 0 Å². The summed E-state index contributed by atoms with van der Waals surface area (Å²) in [6.07, 6.45) is 5.69. The molecule has 1 unspecified atom stereocenters. The molecule has 0 spiro atoms. The molecular formula is C26H30FN4O3+. The molecule has 8 heteroatoms. The van der Waals surface area contributed by atoms with Crippen molar-refractivity contribution in [2.75, 3.05) is 19.6 Å². The maximum Gasteiger partial charge on any atom is 0.332 e. The number of carbonyl (C=O) groups excluding carboxylic acids is 2. The second-order valence-electron chi connectivity index (χ2n) is 9.95. The van der Waals surface area contributed by atoms with E-state index in [0.717, 1.165) is 29.1 Å². The topological polar surface area (TPSA) is 76.2 Å². The maximum absolute atomic E-state index is 13.5. The van der Waals surface area contributed by atoms with Gasteiger partial charge >= 0.3 is 11.7 Å². The Morgan fingerprint density at radius 2 is 1.91 bits per heavy atom. The molecule has 1 aliphatic carbocycles. The number of piperazine rings is 1. The number of rotatable bonds is 4. The molecule has 1 aromatic carbocycles. The molecular weight excluding hydrogens is 435 g/mol. The first kappa shape index (κ1) is 22.7. The molecule has 178 valence electrons. The second kappa shape index (κ2) is 8.27. The van der Waals surface area contributed by atoms with Crippen molar-refractivity contribution in [2.45, 2.75) is 51.7 Å². The third kappa shape index (κ3) is 3.70. The Balaban J connectivity index is 1.37. The average Bonchev–Trinajstić information content (AvgIpc) is 3.37. The van der Waals surface area contributed by atoms with E-state index >= 15 is 0 Å². The number of allylic oxidation sites excluding steroid dienone is 1. The lowest BCUT2D eigenvalue weighted by molar-refractivity contribution is -0.315. The molecule has 7 nitrogen and oxygen atoms in total. The number of carbonyl (C=O) groups is 2. The Hall–Kier alpha value is -3.13. The molecule has 34 heavy (non-hydrogen) atoms. The summed E-state index contributed by atoms with van der Waals surface area (Å²) in [6, 6.07) is 6.11. The van der Waals surface area contributed by atoms with Crippen molar-refractivity contribution < 1.29 is 23.7 Å². The first-order chi connectivity index (χ1) is 16.2. The minimum Gasteiger partial charge on any atom is -0.380 e. The van der Waals surface area contributed by atoms with Crippen LogP contribution in [0.25, 0.3) is 0 Å². The fourth-order valence-corrected chi connectivity index (χ4v) is 5.03. The zero-order valence-corrected chi connectivity index (χ0v) is 19.8. The molecule has 2 amide bonds. The lowest BCUT2D eigenvalue weighted by Crippen LogP contribution is -2.61. The fraction of sp³-hybridized carbons (Fsp3) is 0.462. The van der Waals surface area contributed by atoms with Crippen molar-refractivity contribution in [2.24, 2.45) is 10.9 Å². The third-order valence-corrected chi connectivity index (χ3v) is 7.25. The maximum atomic E-state index is 13.5. The Labute approximate surface area is 198 Å². The van der Waals surface area contributed by atoms with Gasteiger partial charge in [-0.05, 0) is 67.4 Å². The van der Waals surface area contributed by atoms with Crippen LogP contribution in [0, 0.1) is 11.7 Å². The molecule has 1 saturated heterocycles. The van der Waals surface area contributed by atoms with Gasteiger partial charge in [-0.1, -0.05) is 13.8 Å². The zero-order valence-electron chi connectivity index (χ0n) is 19.8. The number of aliphatic imine (C=N–C) groups is 1. The zero-order chi connectivity index (χ0) is 24.2. The number of benzene rings is 1. The van der Waals surface area contributed by atoms with E-state index in [2.05, 4.69) is 13.8 Å². The molecule has 1 saturated carbocycles. The third-order valence-electron chi connectivity index (χ3n) is 7.25. The van der Waals surface area contributed by atoms with Gasteiger partial charge in [-0.15, -0.1) is 0 Å². The lowest BCUT2D eigenvalue weighted by atomic mass is 9.79. The number of amides is 2. The molecule has 0 aromatic heterocycles. The van der Waals surface area contributed by atoms with Crippen LogP contribution in [-0.4, -0.2) is 74.1 Å². The van der Waals surface area contributed by atoms with Crippen LogP contribution < -0.4 is 0 Å². The predicted octanol–water partition coefficient (Wildman–Crippen LogP) is 2.45. The van der Waals surface area contributed by atoms with Gasteiger partial charge in [0.15, 0.2) is 6.20 Å². The highest BCUT2D eigenvalue weighted by atomic mass is 19.1. The molecule has 2 fully saturated rings. The van der Waals surface area contributed by atoms with Crippen LogP contribution in [0.1, 0.15) is 45.6 Å². The summed E-state index contributed by atoms with van der Waals surface area (Å²) >= 11 is 0. The van der Waals surface area contributed by atoms with Crippen molar-refractivity contribution in [1.29, 1.82) is 0 Å². The smallest absolute Gasteiger partial charge is 0.332 e. The summed E-state index contributed by atoms with van der Waals surface area (Å²) in [7, 11) is 0. The number of amidine groups is 1. The van der Waals surface area contributed by atoms with Gasteiger partial charge in [0.2, 0.25) is 0 Å². The summed E-state index contributed by atoms with van der Waals surface area (Å²) < 4.78 is 15.4. The summed E-state index contributed by atoms with van der Waals surface area (Å²) in [5, 5.41) is 10.4. The molecule has 1 aromatic rings. The van der Waals surface area contributed by atoms with Crippen LogP contribution in [0.5, 0.6) is 0 Å². The standard InChI is InChI=1S/C26H30FN4O3/c1-16(2)20-13-22(18-5-7-19(27)8-6-18)31-15-21(28-23(20)31)24(32)30-12-11-29(14-17(30)3)25(33)26(34)9-4-10-26/h5-8,13,15-17,34H,4,9-12,14H2,1-3H3/q+1. The van der Waals surface area contributed by atoms with Gasteiger partial charge < -0.3 is 14.9 Å². The Morgan fingerprint density at radius 1 is 1.21 bits per heavy atom. The van der Waals surface area contributed by atoms with Crippen LogP contribution in [-0.2, 0) is 9.59 Å². The van der Waals surface area contributed by atoms with Gasteiger partial charge in [-0.25, -0.2) is 4.39 Å². The monoisotopic (exact) mass is 465 g/mol. The molecule has 4 aliphatic rings. The number of fused-ring (bicyclic) bond motifs is 1. The van der Waals surface area contributed by atoms with E-state index in [-0.39, 0.29) is 29.6 Å². The number of halogens is 1. The van der Waals surface area contributed by atoms with Crippen molar-refractivity contribution >= 4 is 23.4 Å². The van der Waals surface area contributed by atoms with Gasteiger partial charge in [0, 0.05) is 31.2 Å². The Kier molecular flexibility index (Phi) is 5.51. The van der Waals surface area contributed by atoms with Crippen molar-refractivity contribution in [3.8, 4) is 0 Å². The van der Waals surface area contributed by atoms with Gasteiger partial charge in [0.05, 0.1) is 5.57 Å².